The van der Waals surface area contributed by atoms with Gasteiger partial charge in [-0.05, 0) is 87.9 Å². The van der Waals surface area contributed by atoms with Gasteiger partial charge >= 0.3 is 17.9 Å². The summed E-state index contributed by atoms with van der Waals surface area (Å²) in [5.74, 6) is -0.735. The fourth-order valence-electron chi connectivity index (χ4n) is 9.96. The Labute approximate surface area is 501 Å². The molecule has 4 fully saturated rings. The predicted octanol–water partition coefficient (Wildman–Crippen LogP) is 0.443. The highest BCUT2D eigenvalue weighted by Gasteiger charge is 2.57. The maximum atomic E-state index is 10.3. The maximum Gasteiger partial charge on any atom is 0.302 e. The first kappa shape index (κ1) is 88.1. The molecule has 4 rings (SSSR count). The van der Waals surface area contributed by atoms with Crippen LogP contribution in [-0.4, -0.2) is 246 Å². The van der Waals surface area contributed by atoms with E-state index in [0.29, 0.717) is 25.9 Å². The van der Waals surface area contributed by atoms with E-state index in [2.05, 4.69) is 35.0 Å². The van der Waals surface area contributed by atoms with E-state index >= 15 is 0 Å². The minimum Gasteiger partial charge on any atom is -0.466 e. The van der Waals surface area contributed by atoms with Crippen molar-refractivity contribution in [3.8, 4) is 0 Å². The van der Waals surface area contributed by atoms with Crippen molar-refractivity contribution < 1.29 is 121 Å². The molecule has 0 aromatic carbocycles. The zero-order valence-corrected chi connectivity index (χ0v) is 52.3. The Hall–Kier alpha value is -2.31. The highest BCUT2D eigenvalue weighted by atomic mass is 16.5. The average molecular weight is 1230 g/mol. The topological polar surface area (TPSA) is 443 Å². The van der Waals surface area contributed by atoms with Crippen LogP contribution in [0, 0.1) is 71.0 Å². The molecular formula is C60H122O24. The van der Waals surface area contributed by atoms with Gasteiger partial charge in [0.2, 0.25) is 0 Å². The lowest BCUT2D eigenvalue weighted by atomic mass is 9.80. The van der Waals surface area contributed by atoms with Crippen molar-refractivity contribution in [2.45, 2.75) is 195 Å². The van der Waals surface area contributed by atoms with Crippen LogP contribution in [0.5, 0.6) is 0 Å². The Bertz CT molecular complexity index is 1460. The Morgan fingerprint density at radius 3 is 0.976 bits per heavy atom. The number of hydrogen-bond acceptors (Lipinski definition) is 24. The fourth-order valence-corrected chi connectivity index (χ4v) is 9.96. The maximum absolute atomic E-state index is 10.3. The summed E-state index contributed by atoms with van der Waals surface area (Å²) in [6, 6.07) is 0. The monoisotopic (exact) mass is 1230 g/mol. The summed E-state index contributed by atoms with van der Waals surface area (Å²) >= 11 is 0. The normalized spacial score (nSPS) is 24.0. The van der Waals surface area contributed by atoms with Gasteiger partial charge in [0.15, 0.2) is 0 Å². The van der Waals surface area contributed by atoms with Crippen LogP contribution in [0.1, 0.15) is 158 Å². The first-order valence-corrected chi connectivity index (χ1v) is 30.8. The van der Waals surface area contributed by atoms with Gasteiger partial charge < -0.3 is 106 Å². The zero-order chi connectivity index (χ0) is 65.2. The lowest BCUT2D eigenvalue weighted by Gasteiger charge is -2.33. The van der Waals surface area contributed by atoms with E-state index in [1.807, 2.05) is 13.8 Å². The highest BCUT2D eigenvalue weighted by Crippen LogP contribution is 2.51. The third-order valence-corrected chi connectivity index (χ3v) is 15.7. The third kappa shape index (κ3) is 39.6. The number of carbonyl (C=O) groups excluding carboxylic acids is 3. The van der Waals surface area contributed by atoms with Gasteiger partial charge in [-0.25, -0.2) is 0 Å². The summed E-state index contributed by atoms with van der Waals surface area (Å²) in [4.78, 5) is 30.8. The summed E-state index contributed by atoms with van der Waals surface area (Å²) in [5, 5.41) is 161. The van der Waals surface area contributed by atoms with Gasteiger partial charge in [-0.3, -0.25) is 14.4 Å². The van der Waals surface area contributed by atoms with E-state index in [4.69, 9.17) is 61.3 Å². The number of rotatable bonds is 32. The molecule has 4 saturated carbocycles. The molecule has 4 bridgehead atoms. The third-order valence-electron chi connectivity index (χ3n) is 15.7. The van der Waals surface area contributed by atoms with Crippen molar-refractivity contribution in [1.82, 2.24) is 0 Å². The summed E-state index contributed by atoms with van der Waals surface area (Å²) < 4.78 is 13.8. The Balaban J connectivity index is -0.000000440. The van der Waals surface area contributed by atoms with Crippen molar-refractivity contribution in [2.24, 2.45) is 71.0 Å². The van der Waals surface area contributed by atoms with E-state index in [0.717, 1.165) is 83.5 Å². The van der Waals surface area contributed by atoms with Gasteiger partial charge in [-0.1, -0.05) is 73.1 Å². The lowest BCUT2D eigenvalue weighted by Crippen LogP contribution is -2.44. The minimum atomic E-state index is -0.687. The van der Waals surface area contributed by atoms with Crippen molar-refractivity contribution in [3.63, 3.8) is 0 Å². The lowest BCUT2D eigenvalue weighted by molar-refractivity contribution is -0.143. The molecule has 506 valence electrons. The number of ether oxygens (including phenoxy) is 3. The number of aliphatic hydroxyl groups is 18. The quantitative estimate of drug-likeness (QED) is 0.0247. The summed E-state index contributed by atoms with van der Waals surface area (Å²) in [7, 11) is 0. The number of fused-ring (bicyclic) bond motifs is 4. The van der Waals surface area contributed by atoms with E-state index in [1.54, 1.807) is 0 Å². The number of aliphatic hydroxyl groups excluding tert-OH is 18. The van der Waals surface area contributed by atoms with E-state index in [1.165, 1.54) is 20.8 Å². The highest BCUT2D eigenvalue weighted by molar-refractivity contribution is 5.66. The Morgan fingerprint density at radius 2 is 0.679 bits per heavy atom. The Morgan fingerprint density at radius 1 is 0.345 bits per heavy atom. The van der Waals surface area contributed by atoms with Crippen molar-refractivity contribution in [3.05, 3.63) is 0 Å². The molecule has 24 nitrogen and oxygen atoms in total. The van der Waals surface area contributed by atoms with Gasteiger partial charge in [0.1, 0.15) is 0 Å². The van der Waals surface area contributed by atoms with Crippen molar-refractivity contribution in [2.75, 3.05) is 99.1 Å². The largest absolute Gasteiger partial charge is 0.466 e. The summed E-state index contributed by atoms with van der Waals surface area (Å²) in [6.07, 6.45) is 11.4. The molecule has 84 heavy (non-hydrogen) atoms. The second kappa shape index (κ2) is 57.2. The fraction of sp³-hybridized carbons (Fsp3) is 0.950. The van der Waals surface area contributed by atoms with Crippen LogP contribution in [0.4, 0.5) is 0 Å². The molecule has 4 aliphatic carbocycles. The van der Waals surface area contributed by atoms with Gasteiger partial charge in [0.05, 0.1) is 69.7 Å². The van der Waals surface area contributed by atoms with Gasteiger partial charge in [-0.2, -0.15) is 0 Å². The molecule has 0 aliphatic heterocycles. The molecule has 0 saturated heterocycles. The smallest absolute Gasteiger partial charge is 0.302 e. The average Bonchev–Trinajstić information content (AvgIpc) is 2.98. The van der Waals surface area contributed by atoms with Crippen LogP contribution in [-0.2, 0) is 28.6 Å². The van der Waals surface area contributed by atoms with Crippen LogP contribution in [0.2, 0.25) is 0 Å². The molecule has 24 heteroatoms. The van der Waals surface area contributed by atoms with Gasteiger partial charge in [0.25, 0.3) is 0 Å². The molecular weight excluding hydrogens is 1100 g/mol. The molecule has 4 aliphatic rings. The van der Waals surface area contributed by atoms with Crippen LogP contribution >= 0.6 is 0 Å². The number of hydrogen-bond donors (Lipinski definition) is 18. The molecule has 0 amide bonds. The predicted molar refractivity (Wildman–Crippen MR) is 315 cm³/mol. The molecule has 12 unspecified atom stereocenters. The van der Waals surface area contributed by atoms with E-state index < -0.39 is 30.4 Å². The number of unbranched alkanes of at least 4 members (excludes halogenated alkanes) is 2. The molecule has 0 heterocycles. The van der Waals surface area contributed by atoms with E-state index in [-0.39, 0.29) is 188 Å². The van der Waals surface area contributed by atoms with Gasteiger partial charge in [-0.15, -0.1) is 0 Å². The summed E-state index contributed by atoms with van der Waals surface area (Å²) in [5.41, 5.74) is 0. The summed E-state index contributed by atoms with van der Waals surface area (Å²) in [6.45, 7) is 15.2. The first-order valence-electron chi connectivity index (χ1n) is 30.8. The molecule has 0 aromatic heterocycles. The first-order chi connectivity index (χ1) is 40.0. The SMILES string of the molecule is CC(=O)OCC(CO)CO.CC(=O)OCCC(CO)CO.CC(=O)OCCCC(CO)CO.CCC(CO)CO.CCCC(CO)CO.CCCC1C(O)C2CC1C(O)C2O.CCCCC(CO)CO.CCCCC1C(O)C2CC1C(O)C2O. The standard InChI is InChI=1S/C11H20O3.C10H18O3.C8H16O4.C7H14O4.C7H16O2.C6H12O4.C6H14O2.C5H12O2/c1-2-3-4-6-7-5-8(9(6)12)11(14)10(7)13;1-2-3-5-6-4-7(8(5)11)10(13)9(6)12;1-7(11)12-4-2-3-8(5-9)6-10;1-6(10)11-3-2-7(4-8)5-9;1-2-3-4-7(5-8)6-9;1-5(9)10-4-6(2-7)3-8;1-2-3-6(4-7)5-8;1-2-5(3-6)4-7/h6-14H,2-5H2,1H3;5-13H,2-4H2,1H3;8-10H,2-6H2,1H3;7-9H,2-5H2,1H3;7-9H,2-6H2,1H3;6-8H,2-4H2,1H3;6-8H,2-5H2,1H3;5-7H,2-4H2,1H3. The Kier molecular flexibility index (Phi) is 60.0. The van der Waals surface area contributed by atoms with Crippen molar-refractivity contribution in [1.29, 1.82) is 0 Å². The zero-order valence-electron chi connectivity index (χ0n) is 52.3. The van der Waals surface area contributed by atoms with Crippen molar-refractivity contribution >= 4 is 17.9 Å². The minimum absolute atomic E-state index is 0.0173. The molecule has 0 radical (unpaired) electrons. The van der Waals surface area contributed by atoms with Gasteiger partial charge in [0, 0.05) is 134 Å². The van der Waals surface area contributed by atoms with E-state index in [9.17, 15) is 45.0 Å². The second-order valence-electron chi connectivity index (χ2n) is 22.5. The van der Waals surface area contributed by atoms with Crippen LogP contribution in [0.3, 0.4) is 0 Å². The number of esters is 3. The molecule has 12 atom stereocenters. The second-order valence-corrected chi connectivity index (χ2v) is 22.5. The van der Waals surface area contributed by atoms with Crippen LogP contribution < -0.4 is 0 Å². The molecule has 0 aromatic rings. The number of carbonyl (C=O) groups is 3. The van der Waals surface area contributed by atoms with Crippen LogP contribution in [0.25, 0.3) is 0 Å². The molecule has 18 N–H and O–H groups in total. The molecule has 0 spiro atoms. The van der Waals surface area contributed by atoms with Crippen LogP contribution in [0.15, 0.2) is 0 Å².